The van der Waals surface area contributed by atoms with Crippen LogP contribution >= 0.6 is 0 Å². The molecule has 0 bridgehead atoms. The molecule has 0 spiro atoms. The van der Waals surface area contributed by atoms with Crippen molar-refractivity contribution in [3.63, 3.8) is 0 Å². The Hall–Kier alpha value is -12.7. The van der Waals surface area contributed by atoms with E-state index in [0.717, 1.165) is 152 Å². The Labute approximate surface area is 785 Å². The molecule has 5 aromatic heterocycles. The minimum absolute atomic E-state index is 0.0111. The molecule has 22 rings (SSSR count). The summed E-state index contributed by atoms with van der Waals surface area (Å²) in [6.45, 7) is 31.6. The largest absolute Gasteiger partial charge is 0.294 e. The average molecular weight is 1820 g/mol. The summed E-state index contributed by atoms with van der Waals surface area (Å²) in [7, 11) is 0. The number of rotatable bonds is 8. The molecule has 5 aromatic carbocycles. The number of Topliss-reactive ketones (excluding diaryl/α,β-unsaturated/α-hetero) is 5. The van der Waals surface area contributed by atoms with E-state index in [1.54, 1.807) is 30.3 Å². The van der Waals surface area contributed by atoms with Crippen molar-refractivity contribution in [3.05, 3.63) is 320 Å². The van der Waals surface area contributed by atoms with Crippen molar-refractivity contribution in [2.75, 3.05) is 0 Å². The van der Waals surface area contributed by atoms with E-state index in [2.05, 4.69) is 183 Å². The number of nitrogens with one attached hydrogen (secondary N) is 5. The van der Waals surface area contributed by atoms with Gasteiger partial charge in [0.15, 0.2) is 28.9 Å². The number of nitriles is 3. The van der Waals surface area contributed by atoms with Gasteiger partial charge in [-0.05, 0) is 158 Å². The molecule has 5 heterocycles. The van der Waals surface area contributed by atoms with Crippen molar-refractivity contribution in [2.24, 2.45) is 27.1 Å². The second kappa shape index (κ2) is 33.1. The average Bonchev–Trinajstić information content (AvgIpc) is 1.67. The third kappa shape index (κ3) is 15.9. The lowest BCUT2D eigenvalue weighted by atomic mass is 9.57. The lowest BCUT2D eigenvalue weighted by molar-refractivity contribution is -0.119. The number of fused-ring (bicyclic) bond motifs is 5. The smallest absolute Gasteiger partial charge is 0.249 e. The highest BCUT2D eigenvalue weighted by molar-refractivity contribution is 6.05. The molecule has 12 aliphatic rings. The predicted molar refractivity (Wildman–Crippen MR) is 504 cm³/mol. The molecule has 10 aromatic rings. The monoisotopic (exact) mass is 1820 g/mol. The molecule has 0 amide bonds. The maximum atomic E-state index is 14.7. The maximum absolute atomic E-state index is 14.7. The first-order chi connectivity index (χ1) is 63.7. The molecule has 23 heteroatoms. The van der Waals surface area contributed by atoms with E-state index in [-0.39, 0.29) is 93.1 Å². The number of aromatic nitrogens is 10. The number of nitrogens with zero attached hydrogens (tertiary/aromatic N) is 8. The van der Waals surface area contributed by atoms with Crippen molar-refractivity contribution in [1.82, 2.24) is 51.0 Å². The zero-order valence-electron chi connectivity index (χ0n) is 79.7. The van der Waals surface area contributed by atoms with Crippen molar-refractivity contribution in [1.29, 1.82) is 15.8 Å². The SMILES string of the molecule is CC1(C)CC(=O)C2=C(Cc3[nH]nc(C4CC(F)(F)C4)c3C2(C)c2cccc(C#N)c2)C1.CC1(C)CC(=O)C2=C(Cc3[nH]nc(C4CC(F)(F)C4)c3C2(C)c2ccccc2)C1.CC1(C)CC(=O)C2=C(Cc3[nH]nc(F)c3C2(C)c2cccc(C#N)c2)C1.CC1(C)CC(=O)C2=C(Cc3[nH]ncc3[C@@]2(C)c2cccc(C#N)c2)C1.CC[C@]1(c2ccccc2)C2=C(Cc3[nH]ncc31)CC(C)(C)CC2=O. The first kappa shape index (κ1) is 92.8. The summed E-state index contributed by atoms with van der Waals surface area (Å²) < 4.78 is 69.4. The van der Waals surface area contributed by atoms with Gasteiger partial charge in [0, 0.05) is 202 Å². The first-order valence-electron chi connectivity index (χ1n) is 47.3. The Balaban J connectivity index is 0.000000113. The molecule has 2 fully saturated rings. The van der Waals surface area contributed by atoms with Crippen LogP contribution in [-0.2, 0) is 83.2 Å². The Morgan fingerprint density at radius 2 is 0.637 bits per heavy atom. The van der Waals surface area contributed by atoms with Crippen LogP contribution in [-0.4, -0.2) is 91.7 Å². The number of hydrogen-bond donors (Lipinski definition) is 5. The van der Waals surface area contributed by atoms with E-state index < -0.39 is 39.5 Å². The number of alkyl halides is 4. The van der Waals surface area contributed by atoms with Crippen molar-refractivity contribution < 1.29 is 45.9 Å². The van der Waals surface area contributed by atoms with Gasteiger partial charge in [-0.2, -0.15) is 40.6 Å². The lowest BCUT2D eigenvalue weighted by Gasteiger charge is -2.45. The minimum Gasteiger partial charge on any atom is -0.294 e. The van der Waals surface area contributed by atoms with Crippen molar-refractivity contribution in [3.8, 4) is 18.2 Å². The predicted octanol–water partition coefficient (Wildman–Crippen LogP) is 23.0. The highest BCUT2D eigenvalue weighted by Crippen LogP contribution is 2.62. The quantitative estimate of drug-likeness (QED) is 0.0885. The number of carbonyl (C=O) groups is 5. The molecule has 694 valence electrons. The van der Waals surface area contributed by atoms with E-state index in [9.17, 15) is 61.7 Å². The summed E-state index contributed by atoms with van der Waals surface area (Å²) in [5.41, 5.74) is 23.6. The third-order valence-corrected chi connectivity index (χ3v) is 31.5. The van der Waals surface area contributed by atoms with Crippen LogP contribution < -0.4 is 0 Å². The van der Waals surface area contributed by atoms with Gasteiger partial charge in [0.2, 0.25) is 17.8 Å². The zero-order chi connectivity index (χ0) is 96.2. The molecule has 12 aliphatic carbocycles. The molecule has 3 unspecified atom stereocenters. The molecule has 5 N–H and O–H groups in total. The third-order valence-electron chi connectivity index (χ3n) is 31.5. The van der Waals surface area contributed by atoms with Gasteiger partial charge in [0.1, 0.15) is 0 Å². The highest BCUT2D eigenvalue weighted by atomic mass is 19.3. The van der Waals surface area contributed by atoms with Crippen molar-refractivity contribution >= 4 is 28.9 Å². The Morgan fingerprint density at radius 3 is 1.01 bits per heavy atom. The van der Waals surface area contributed by atoms with Crippen LogP contribution in [0, 0.1) is 67.0 Å². The van der Waals surface area contributed by atoms with Gasteiger partial charge in [-0.15, -0.1) is 5.10 Å². The molecule has 5 atom stereocenters. The minimum atomic E-state index is -2.66. The highest BCUT2D eigenvalue weighted by Gasteiger charge is 2.59. The topological polar surface area (TPSA) is 300 Å². The van der Waals surface area contributed by atoms with E-state index >= 15 is 0 Å². The molecular formula is C112H116F5N13O5. The van der Waals surface area contributed by atoms with Gasteiger partial charge in [-0.25, -0.2) is 17.6 Å². The summed E-state index contributed by atoms with van der Waals surface area (Å²) in [5.74, 6) is -5.53. The summed E-state index contributed by atoms with van der Waals surface area (Å²) in [4.78, 5) is 66.5. The number of aromatic amines is 5. The van der Waals surface area contributed by atoms with Crippen LogP contribution in [0.25, 0.3) is 0 Å². The molecule has 135 heavy (non-hydrogen) atoms. The number of H-pyrrole nitrogens is 5. The molecule has 0 saturated heterocycles. The Kier molecular flexibility index (Phi) is 22.7. The van der Waals surface area contributed by atoms with E-state index in [4.69, 9.17) is 0 Å². The Morgan fingerprint density at radius 1 is 0.341 bits per heavy atom. The van der Waals surface area contributed by atoms with Crippen molar-refractivity contribution in [2.45, 2.75) is 283 Å². The van der Waals surface area contributed by atoms with Gasteiger partial charge in [0.25, 0.3) is 0 Å². The first-order valence-corrected chi connectivity index (χ1v) is 47.3. The summed E-state index contributed by atoms with van der Waals surface area (Å²) >= 11 is 0. The van der Waals surface area contributed by atoms with Crippen LogP contribution in [0.4, 0.5) is 22.0 Å². The second-order valence-electron chi connectivity index (χ2n) is 44.8. The van der Waals surface area contributed by atoms with Gasteiger partial charge in [-0.3, -0.25) is 49.5 Å². The van der Waals surface area contributed by atoms with Crippen LogP contribution in [0.2, 0.25) is 0 Å². The number of ketones is 5. The Bertz CT molecular complexity index is 6890. The van der Waals surface area contributed by atoms with E-state index in [1.807, 2.05) is 105 Å². The lowest BCUT2D eigenvalue weighted by Crippen LogP contribution is -2.42. The maximum Gasteiger partial charge on any atom is 0.249 e. The van der Waals surface area contributed by atoms with Crippen LogP contribution in [0.1, 0.15) is 324 Å². The van der Waals surface area contributed by atoms with Gasteiger partial charge in [-0.1, -0.05) is 201 Å². The van der Waals surface area contributed by atoms with Gasteiger partial charge < -0.3 is 0 Å². The molecule has 0 aliphatic heterocycles. The molecule has 0 radical (unpaired) electrons. The number of benzene rings is 5. The standard InChI is InChI=1S/C25H25F2N3O.C24H26F2N2O.C21H20FN3O.C21H21N3O.C21H24N2O/c1-23(2)9-15-8-18-21(22(30-29-18)16-10-25(26,27)11-16)24(3,20(15)19(31)12-23)17-6-4-5-14(7-17)13-28;1-22(2)10-14-9-17-20(21(28-27-17)15-11-24(25,26)12-15)23(3,19(14)18(29)13-22)16-7-5-4-6-8-16;1-20(2)9-13-8-15-18(19(22)25-24-15)21(3,17(13)16(26)10-20)14-6-4-5-12(7-14)11-23;1-20(2)9-14-8-17-16(12-23-24-17)21(3,19(14)18(25)10-20)15-6-4-5-13(7-15)11-22;1-4-21(15-8-6-5-7-9-15)16-13-22-23-17(16)10-14-11-20(2,3)12-18(24)19(14)21/h4-7,16H,8-12H2,1-3H3,(H,29,30);4-8,15H,9-13H2,1-3H3,(H,27,28);4-7H,8-10H2,1-3H3,(H,24,25);4-7,12H,8-10H2,1-3H3,(H,23,24);5-9,13H,4,10-12H2,1-3H3,(H,22,23)/t;;;2*21-/m...11/s1. The summed E-state index contributed by atoms with van der Waals surface area (Å²) in [6, 6.07) is 49.0. The summed E-state index contributed by atoms with van der Waals surface area (Å²) in [6.07, 6.45) is 14.2. The van der Waals surface area contributed by atoms with Crippen LogP contribution in [0.15, 0.2) is 202 Å². The fourth-order valence-electron chi connectivity index (χ4n) is 26.2. The van der Waals surface area contributed by atoms with E-state index in [1.165, 1.54) is 33.5 Å². The second-order valence-corrected chi connectivity index (χ2v) is 44.8. The number of allylic oxidation sites excluding steroid dienone is 10. The summed E-state index contributed by atoms with van der Waals surface area (Å²) in [5, 5.41) is 64.9. The molecule has 2 saturated carbocycles. The number of carbonyl (C=O) groups excluding carboxylic acids is 5. The molecular weight excluding hydrogens is 1700 g/mol. The molecule has 18 nitrogen and oxygen atoms in total. The van der Waals surface area contributed by atoms with Gasteiger partial charge in [0.05, 0.1) is 69.5 Å². The van der Waals surface area contributed by atoms with Crippen LogP contribution in [0.5, 0.6) is 0 Å². The fraction of sp³-hybridized carbons (Fsp3) is 0.438. The van der Waals surface area contributed by atoms with Crippen LogP contribution in [0.3, 0.4) is 0 Å². The number of halogens is 5. The number of hydrogen-bond acceptors (Lipinski definition) is 13. The van der Waals surface area contributed by atoms with Gasteiger partial charge >= 0.3 is 0 Å². The normalized spacial score (nSPS) is 25.8. The van der Waals surface area contributed by atoms with E-state index in [0.29, 0.717) is 90.7 Å². The zero-order valence-corrected chi connectivity index (χ0v) is 79.7. The fourth-order valence-corrected chi connectivity index (χ4v) is 26.2.